The molecule has 112 valence electrons. The molecule has 1 aliphatic rings. The minimum Gasteiger partial charge on any atom is -0.491 e. The van der Waals surface area contributed by atoms with Crippen LogP contribution in [0.2, 0.25) is 0 Å². The highest BCUT2D eigenvalue weighted by molar-refractivity contribution is 5.27. The molecule has 20 heavy (non-hydrogen) atoms. The van der Waals surface area contributed by atoms with Gasteiger partial charge in [0.25, 0.3) is 0 Å². The molecule has 1 aromatic carbocycles. The van der Waals surface area contributed by atoms with E-state index in [1.807, 2.05) is 31.2 Å². The lowest BCUT2D eigenvalue weighted by atomic mass is 9.87. The molecule has 0 amide bonds. The first kappa shape index (κ1) is 15.3. The lowest BCUT2D eigenvalue weighted by Crippen LogP contribution is -2.40. The fourth-order valence-electron chi connectivity index (χ4n) is 2.88. The number of ether oxygens (including phenoxy) is 1. The summed E-state index contributed by atoms with van der Waals surface area (Å²) in [6, 6.07) is 8.49. The number of rotatable bonds is 6. The molecule has 1 saturated carbocycles. The van der Waals surface area contributed by atoms with Crippen LogP contribution in [-0.4, -0.2) is 30.4 Å². The van der Waals surface area contributed by atoms with E-state index in [2.05, 4.69) is 12.2 Å². The number of aliphatic hydroxyl groups is 1. The minimum absolute atomic E-state index is 0.346. The van der Waals surface area contributed by atoms with Gasteiger partial charge < -0.3 is 15.2 Å². The molecule has 3 unspecified atom stereocenters. The van der Waals surface area contributed by atoms with Crippen LogP contribution in [-0.2, 0) is 0 Å². The Balaban J connectivity index is 1.66. The second kappa shape index (κ2) is 7.65. The quantitative estimate of drug-likeness (QED) is 0.840. The molecule has 3 nitrogen and oxygen atoms in total. The van der Waals surface area contributed by atoms with E-state index >= 15 is 0 Å². The lowest BCUT2D eigenvalue weighted by Gasteiger charge is -2.28. The van der Waals surface area contributed by atoms with E-state index in [9.17, 15) is 5.11 Å². The molecular weight excluding hydrogens is 250 g/mol. The molecule has 0 bridgehead atoms. The molecule has 0 aromatic heterocycles. The lowest BCUT2D eigenvalue weighted by molar-refractivity contribution is 0.100. The Hall–Kier alpha value is -1.06. The van der Waals surface area contributed by atoms with Crippen molar-refractivity contribution in [1.82, 2.24) is 5.32 Å². The molecule has 2 N–H and O–H groups in total. The average Bonchev–Trinajstić information content (AvgIpc) is 2.43. The maximum absolute atomic E-state index is 9.99. The molecule has 0 aliphatic heterocycles. The Morgan fingerprint density at radius 3 is 3.00 bits per heavy atom. The molecule has 1 fully saturated rings. The van der Waals surface area contributed by atoms with Crippen molar-refractivity contribution in [3.8, 4) is 5.75 Å². The van der Waals surface area contributed by atoms with Crippen LogP contribution in [0.15, 0.2) is 24.3 Å². The maximum atomic E-state index is 9.99. The van der Waals surface area contributed by atoms with Crippen LogP contribution in [0.25, 0.3) is 0 Å². The SMILES string of the molecule is Cc1cccc(OCC(O)CNC2CCCC(C)C2)c1. The van der Waals surface area contributed by atoms with E-state index in [1.165, 1.54) is 31.2 Å². The molecule has 1 aliphatic carbocycles. The first-order valence-corrected chi connectivity index (χ1v) is 7.74. The van der Waals surface area contributed by atoms with Gasteiger partial charge in [-0.05, 0) is 43.4 Å². The van der Waals surface area contributed by atoms with E-state index in [0.717, 1.165) is 11.7 Å². The topological polar surface area (TPSA) is 41.5 Å². The fraction of sp³-hybridized carbons (Fsp3) is 0.647. The number of aliphatic hydroxyl groups excluding tert-OH is 1. The maximum Gasteiger partial charge on any atom is 0.119 e. The highest BCUT2D eigenvalue weighted by atomic mass is 16.5. The second-order valence-corrected chi connectivity index (χ2v) is 6.16. The average molecular weight is 277 g/mol. The van der Waals surface area contributed by atoms with Crippen LogP contribution in [0.3, 0.4) is 0 Å². The van der Waals surface area contributed by atoms with Gasteiger partial charge in [0.05, 0.1) is 0 Å². The number of aryl methyl sites for hydroxylation is 1. The molecule has 0 saturated heterocycles. The molecule has 0 radical (unpaired) electrons. The van der Waals surface area contributed by atoms with Gasteiger partial charge in [0.1, 0.15) is 18.5 Å². The van der Waals surface area contributed by atoms with E-state index in [0.29, 0.717) is 19.2 Å². The van der Waals surface area contributed by atoms with Crippen molar-refractivity contribution in [2.75, 3.05) is 13.2 Å². The number of hydrogen-bond acceptors (Lipinski definition) is 3. The van der Waals surface area contributed by atoms with Crippen molar-refractivity contribution in [3.63, 3.8) is 0 Å². The van der Waals surface area contributed by atoms with Crippen LogP contribution in [0.4, 0.5) is 0 Å². The summed E-state index contributed by atoms with van der Waals surface area (Å²) in [5.41, 5.74) is 1.17. The Morgan fingerprint density at radius 1 is 1.40 bits per heavy atom. The van der Waals surface area contributed by atoms with Gasteiger partial charge in [-0.1, -0.05) is 31.9 Å². The predicted molar refractivity (Wildman–Crippen MR) is 82.1 cm³/mol. The number of nitrogens with one attached hydrogen (secondary N) is 1. The van der Waals surface area contributed by atoms with Gasteiger partial charge in [-0.15, -0.1) is 0 Å². The van der Waals surface area contributed by atoms with Crippen LogP contribution in [0.1, 0.15) is 38.2 Å². The Bertz CT molecular complexity index is 408. The van der Waals surface area contributed by atoms with Crippen LogP contribution in [0.5, 0.6) is 5.75 Å². The van der Waals surface area contributed by atoms with Crippen molar-refractivity contribution in [3.05, 3.63) is 29.8 Å². The summed E-state index contributed by atoms with van der Waals surface area (Å²) in [4.78, 5) is 0. The standard InChI is InChI=1S/C17H27NO2/c1-13-5-3-7-15(9-13)18-11-16(19)12-20-17-8-4-6-14(2)10-17/h4,6,8,10,13,15-16,18-19H,3,5,7,9,11-12H2,1-2H3. The third-order valence-corrected chi connectivity index (χ3v) is 4.01. The van der Waals surface area contributed by atoms with E-state index in [1.54, 1.807) is 0 Å². The van der Waals surface area contributed by atoms with E-state index in [4.69, 9.17) is 4.74 Å². The third kappa shape index (κ3) is 5.14. The zero-order chi connectivity index (χ0) is 14.4. The number of hydrogen-bond donors (Lipinski definition) is 2. The summed E-state index contributed by atoms with van der Waals surface area (Å²) < 4.78 is 5.62. The summed E-state index contributed by atoms with van der Waals surface area (Å²) in [6.45, 7) is 5.31. The van der Waals surface area contributed by atoms with Gasteiger partial charge in [0, 0.05) is 12.6 Å². The minimum atomic E-state index is -0.451. The van der Waals surface area contributed by atoms with Crippen LogP contribution in [0, 0.1) is 12.8 Å². The van der Waals surface area contributed by atoms with Gasteiger partial charge >= 0.3 is 0 Å². The van der Waals surface area contributed by atoms with Crippen LogP contribution >= 0.6 is 0 Å². The summed E-state index contributed by atoms with van der Waals surface area (Å²) in [6.07, 6.45) is 4.65. The smallest absolute Gasteiger partial charge is 0.119 e. The highest BCUT2D eigenvalue weighted by Crippen LogP contribution is 2.23. The molecular formula is C17H27NO2. The Labute approximate surface area is 122 Å². The van der Waals surface area contributed by atoms with Crippen molar-refractivity contribution in [1.29, 1.82) is 0 Å². The van der Waals surface area contributed by atoms with Gasteiger partial charge in [-0.25, -0.2) is 0 Å². The molecule has 2 rings (SSSR count). The number of benzene rings is 1. The summed E-state index contributed by atoms with van der Waals surface area (Å²) in [5, 5.41) is 13.5. The Kier molecular flexibility index (Phi) is 5.86. The van der Waals surface area contributed by atoms with E-state index < -0.39 is 6.10 Å². The van der Waals surface area contributed by atoms with Crippen LogP contribution < -0.4 is 10.1 Å². The van der Waals surface area contributed by atoms with E-state index in [-0.39, 0.29) is 0 Å². The summed E-state index contributed by atoms with van der Waals surface area (Å²) in [7, 11) is 0. The van der Waals surface area contributed by atoms with Crippen molar-refractivity contribution < 1.29 is 9.84 Å². The zero-order valence-electron chi connectivity index (χ0n) is 12.6. The summed E-state index contributed by atoms with van der Waals surface area (Å²) in [5.74, 6) is 1.64. The zero-order valence-corrected chi connectivity index (χ0v) is 12.6. The molecule has 0 spiro atoms. The highest BCUT2D eigenvalue weighted by Gasteiger charge is 2.19. The fourth-order valence-corrected chi connectivity index (χ4v) is 2.88. The van der Waals surface area contributed by atoms with Crippen molar-refractivity contribution in [2.45, 2.75) is 51.7 Å². The third-order valence-electron chi connectivity index (χ3n) is 4.01. The van der Waals surface area contributed by atoms with Gasteiger partial charge in [0.15, 0.2) is 0 Å². The summed E-state index contributed by atoms with van der Waals surface area (Å²) >= 11 is 0. The largest absolute Gasteiger partial charge is 0.491 e. The molecule has 3 heteroatoms. The van der Waals surface area contributed by atoms with Gasteiger partial charge in [-0.3, -0.25) is 0 Å². The molecule has 1 aromatic rings. The monoisotopic (exact) mass is 277 g/mol. The van der Waals surface area contributed by atoms with Crippen molar-refractivity contribution >= 4 is 0 Å². The molecule has 0 heterocycles. The first-order valence-electron chi connectivity index (χ1n) is 7.74. The normalized spacial score (nSPS) is 24.4. The molecule has 3 atom stereocenters. The first-order chi connectivity index (χ1) is 9.63. The van der Waals surface area contributed by atoms with Gasteiger partial charge in [-0.2, -0.15) is 0 Å². The van der Waals surface area contributed by atoms with Crippen molar-refractivity contribution in [2.24, 2.45) is 5.92 Å². The van der Waals surface area contributed by atoms with Gasteiger partial charge in [0.2, 0.25) is 0 Å². The Morgan fingerprint density at radius 2 is 2.25 bits per heavy atom. The predicted octanol–water partition coefficient (Wildman–Crippen LogP) is 2.90. The second-order valence-electron chi connectivity index (χ2n) is 6.16.